The van der Waals surface area contributed by atoms with Crippen molar-refractivity contribution in [1.82, 2.24) is 4.90 Å². The summed E-state index contributed by atoms with van der Waals surface area (Å²) in [5.41, 5.74) is 0.776. The second-order valence-electron chi connectivity index (χ2n) is 3.91. The maximum Gasteiger partial charge on any atom is 0.291 e. The number of fused-ring (bicyclic) bond motifs is 1. The van der Waals surface area contributed by atoms with Crippen molar-refractivity contribution < 1.29 is 13.6 Å². The third kappa shape index (κ3) is 1.50. The van der Waals surface area contributed by atoms with Gasteiger partial charge in [-0.15, -0.1) is 0 Å². The smallest absolute Gasteiger partial charge is 0.291 e. The molecule has 0 spiro atoms. The highest BCUT2D eigenvalue weighted by Gasteiger charge is 2.42. The number of carbonyl (C=O) groups is 1. The number of alkyl halides is 2. The molecular weight excluding hydrogens is 200 g/mol. The minimum atomic E-state index is -2.94. The van der Waals surface area contributed by atoms with Crippen molar-refractivity contribution in [3.63, 3.8) is 0 Å². The Morgan fingerprint density at radius 1 is 1.40 bits per heavy atom. The Bertz CT molecular complexity index is 429. The fourth-order valence-electron chi connectivity index (χ4n) is 1.81. The second kappa shape index (κ2) is 3.02. The molecule has 0 saturated carbocycles. The van der Waals surface area contributed by atoms with Crippen molar-refractivity contribution in [1.29, 1.82) is 0 Å². The summed E-state index contributed by atoms with van der Waals surface area (Å²) in [4.78, 5) is 12.7. The Hall–Kier alpha value is -1.45. The number of benzene rings is 1. The Labute approximate surface area is 86.5 Å². The van der Waals surface area contributed by atoms with Crippen LogP contribution in [0.5, 0.6) is 0 Å². The maximum absolute atomic E-state index is 13.6. The van der Waals surface area contributed by atoms with Gasteiger partial charge >= 0.3 is 0 Å². The van der Waals surface area contributed by atoms with Gasteiger partial charge in [-0.3, -0.25) is 4.79 Å². The summed E-state index contributed by atoms with van der Waals surface area (Å²) in [5, 5.41) is 0. The number of amides is 1. The van der Waals surface area contributed by atoms with Crippen LogP contribution in [-0.2, 0) is 5.92 Å². The van der Waals surface area contributed by atoms with Gasteiger partial charge in [-0.1, -0.05) is 17.7 Å². The fraction of sp³-hybridized carbons (Fsp3) is 0.364. The first-order chi connectivity index (χ1) is 6.92. The summed E-state index contributed by atoms with van der Waals surface area (Å²) in [6.45, 7) is 1.24. The number of hydrogen-bond acceptors (Lipinski definition) is 1. The lowest BCUT2D eigenvalue weighted by Gasteiger charge is -2.31. The minimum absolute atomic E-state index is 0.119. The van der Waals surface area contributed by atoms with E-state index in [1.54, 1.807) is 13.0 Å². The zero-order valence-electron chi connectivity index (χ0n) is 8.55. The lowest BCUT2D eigenvalue weighted by Crippen LogP contribution is -2.43. The summed E-state index contributed by atoms with van der Waals surface area (Å²) in [5.74, 6) is -3.27. The highest BCUT2D eigenvalue weighted by molar-refractivity contribution is 5.97. The Morgan fingerprint density at radius 2 is 2.07 bits per heavy atom. The lowest BCUT2D eigenvalue weighted by atomic mass is 9.94. The molecule has 1 aliphatic heterocycles. The summed E-state index contributed by atoms with van der Waals surface area (Å²) in [6.07, 6.45) is 0. The van der Waals surface area contributed by atoms with Crippen molar-refractivity contribution in [3.8, 4) is 0 Å². The third-order valence-electron chi connectivity index (χ3n) is 2.58. The number of halogens is 2. The zero-order chi connectivity index (χ0) is 11.2. The molecule has 1 aromatic carbocycles. The van der Waals surface area contributed by atoms with Crippen molar-refractivity contribution in [2.45, 2.75) is 12.8 Å². The molecule has 0 bridgehead atoms. The van der Waals surface area contributed by atoms with E-state index < -0.39 is 12.5 Å². The molecule has 1 aromatic rings. The Kier molecular flexibility index (Phi) is 2.03. The predicted molar refractivity (Wildman–Crippen MR) is 52.0 cm³/mol. The van der Waals surface area contributed by atoms with Gasteiger partial charge in [-0.2, -0.15) is 8.78 Å². The average molecular weight is 211 g/mol. The van der Waals surface area contributed by atoms with E-state index in [9.17, 15) is 13.6 Å². The largest absolute Gasteiger partial charge is 0.335 e. The van der Waals surface area contributed by atoms with Crippen LogP contribution >= 0.6 is 0 Å². The van der Waals surface area contributed by atoms with Crippen LogP contribution in [0.15, 0.2) is 18.2 Å². The highest BCUT2D eigenvalue weighted by atomic mass is 19.3. The number of nitrogens with zero attached hydrogens (tertiary/aromatic N) is 1. The van der Waals surface area contributed by atoms with E-state index in [1.807, 2.05) is 0 Å². The standard InChI is InChI=1S/C11H11F2NO/c1-7-3-4-9-8(5-7)10(15)14(2)6-11(9,12)13/h3-5H,6H2,1-2H3. The molecule has 0 radical (unpaired) electrons. The van der Waals surface area contributed by atoms with Gasteiger partial charge in [0.15, 0.2) is 0 Å². The summed E-state index contributed by atoms with van der Waals surface area (Å²) >= 11 is 0. The molecule has 15 heavy (non-hydrogen) atoms. The van der Waals surface area contributed by atoms with Crippen LogP contribution in [0.2, 0.25) is 0 Å². The molecule has 0 aliphatic carbocycles. The molecule has 1 aliphatic rings. The predicted octanol–water partition coefficient (Wildman–Crippen LogP) is 2.17. The van der Waals surface area contributed by atoms with Crippen LogP contribution < -0.4 is 0 Å². The zero-order valence-corrected chi connectivity index (χ0v) is 8.55. The SMILES string of the molecule is Cc1ccc2c(c1)C(=O)N(C)CC2(F)F. The van der Waals surface area contributed by atoms with Crippen LogP contribution in [0.4, 0.5) is 8.78 Å². The van der Waals surface area contributed by atoms with Gasteiger partial charge in [0, 0.05) is 18.2 Å². The van der Waals surface area contributed by atoms with Crippen molar-refractivity contribution in [2.75, 3.05) is 13.6 Å². The van der Waals surface area contributed by atoms with E-state index in [0.717, 1.165) is 10.5 Å². The third-order valence-corrected chi connectivity index (χ3v) is 2.58. The van der Waals surface area contributed by atoms with E-state index in [1.165, 1.54) is 19.2 Å². The average Bonchev–Trinajstić information content (AvgIpc) is 2.13. The van der Waals surface area contributed by atoms with Crippen LogP contribution in [0, 0.1) is 6.92 Å². The van der Waals surface area contributed by atoms with E-state index >= 15 is 0 Å². The minimum Gasteiger partial charge on any atom is -0.335 e. The maximum atomic E-state index is 13.6. The van der Waals surface area contributed by atoms with E-state index in [-0.39, 0.29) is 17.0 Å². The van der Waals surface area contributed by atoms with Gasteiger partial charge in [0.1, 0.15) is 0 Å². The summed E-state index contributed by atoms with van der Waals surface area (Å²) in [7, 11) is 1.39. The van der Waals surface area contributed by atoms with Gasteiger partial charge in [-0.05, 0) is 13.0 Å². The van der Waals surface area contributed by atoms with E-state index in [2.05, 4.69) is 0 Å². The van der Waals surface area contributed by atoms with Gasteiger partial charge in [0.05, 0.1) is 6.54 Å². The van der Waals surface area contributed by atoms with Gasteiger partial charge < -0.3 is 4.90 Å². The molecule has 0 unspecified atom stereocenters. The molecule has 1 heterocycles. The molecule has 0 atom stereocenters. The number of carbonyl (C=O) groups excluding carboxylic acids is 1. The highest BCUT2D eigenvalue weighted by Crippen LogP contribution is 2.36. The van der Waals surface area contributed by atoms with Crippen molar-refractivity contribution in [2.24, 2.45) is 0 Å². The molecule has 0 saturated heterocycles. The van der Waals surface area contributed by atoms with Gasteiger partial charge in [0.25, 0.3) is 11.8 Å². The van der Waals surface area contributed by atoms with Crippen LogP contribution in [-0.4, -0.2) is 24.4 Å². The Morgan fingerprint density at radius 3 is 2.73 bits per heavy atom. The van der Waals surface area contributed by atoms with E-state index in [0.29, 0.717) is 0 Å². The first kappa shape index (κ1) is 10.1. The molecule has 1 amide bonds. The first-order valence-corrected chi connectivity index (χ1v) is 4.66. The quantitative estimate of drug-likeness (QED) is 0.644. The summed E-state index contributed by atoms with van der Waals surface area (Å²) in [6, 6.07) is 4.46. The first-order valence-electron chi connectivity index (χ1n) is 4.66. The molecule has 0 N–H and O–H groups in total. The molecule has 2 rings (SSSR count). The normalized spacial score (nSPS) is 18.9. The van der Waals surface area contributed by atoms with Crippen molar-refractivity contribution >= 4 is 5.91 Å². The summed E-state index contributed by atoms with van der Waals surface area (Å²) < 4.78 is 27.1. The van der Waals surface area contributed by atoms with E-state index in [4.69, 9.17) is 0 Å². The molecule has 0 fully saturated rings. The fourth-order valence-corrected chi connectivity index (χ4v) is 1.81. The van der Waals surface area contributed by atoms with Crippen LogP contribution in [0.25, 0.3) is 0 Å². The molecule has 0 aromatic heterocycles. The van der Waals surface area contributed by atoms with Gasteiger partial charge in [-0.25, -0.2) is 0 Å². The number of aryl methyl sites for hydroxylation is 1. The molecular formula is C11H11F2NO. The van der Waals surface area contributed by atoms with Gasteiger partial charge in [0.2, 0.25) is 0 Å². The number of rotatable bonds is 0. The number of hydrogen-bond donors (Lipinski definition) is 0. The molecule has 80 valence electrons. The molecule has 2 nitrogen and oxygen atoms in total. The topological polar surface area (TPSA) is 20.3 Å². The van der Waals surface area contributed by atoms with Crippen molar-refractivity contribution in [3.05, 3.63) is 34.9 Å². The molecule has 4 heteroatoms. The van der Waals surface area contributed by atoms with Crippen LogP contribution in [0.3, 0.4) is 0 Å². The number of likely N-dealkylation sites (N-methyl/N-ethyl adjacent to an activating group) is 1. The lowest BCUT2D eigenvalue weighted by molar-refractivity contribution is -0.0360. The second-order valence-corrected chi connectivity index (χ2v) is 3.91. The Balaban J connectivity index is 2.64. The monoisotopic (exact) mass is 211 g/mol. The van der Waals surface area contributed by atoms with Crippen LogP contribution in [0.1, 0.15) is 21.5 Å².